The van der Waals surface area contributed by atoms with E-state index < -0.39 is 5.92 Å². The van der Waals surface area contributed by atoms with E-state index in [2.05, 4.69) is 0 Å². The molecule has 0 saturated heterocycles. The molecule has 1 atom stereocenters. The summed E-state index contributed by atoms with van der Waals surface area (Å²) < 4.78 is 16.4. The fourth-order valence-corrected chi connectivity index (χ4v) is 3.16. The molecular weight excluding hydrogens is 227 g/mol. The van der Waals surface area contributed by atoms with Crippen LogP contribution >= 0.6 is 28.5 Å². The molecule has 0 rings (SSSR count). The van der Waals surface area contributed by atoms with Crippen LogP contribution in [0.1, 0.15) is 13.8 Å². The van der Waals surface area contributed by atoms with E-state index in [0.717, 1.165) is 11.4 Å². The summed E-state index contributed by atoms with van der Waals surface area (Å²) in [6.45, 7) is 4.08. The molecule has 0 fully saturated rings. The topological polar surface area (TPSA) is 26.3 Å². The molecule has 1 unspecified atom stereocenters. The summed E-state index contributed by atoms with van der Waals surface area (Å²) in [4.78, 5) is 0. The van der Waals surface area contributed by atoms with Crippen LogP contribution in [0, 0.1) is 0 Å². The average Bonchev–Trinajstić information content (AvgIpc) is 2.05. The van der Waals surface area contributed by atoms with Gasteiger partial charge in [0.25, 0.3) is 0 Å². The maximum Gasteiger partial charge on any atom is 0.347 e. The third-order valence-electron chi connectivity index (χ3n) is 1.12. The van der Waals surface area contributed by atoms with Gasteiger partial charge in [0, 0.05) is 5.75 Å². The van der Waals surface area contributed by atoms with E-state index in [1.54, 1.807) is 6.08 Å². The molecule has 13 heavy (non-hydrogen) atoms. The number of hydrogen-bond acceptors (Lipinski definition) is 3. The highest BCUT2D eigenvalue weighted by Gasteiger charge is 2.18. The summed E-state index contributed by atoms with van der Waals surface area (Å²) >= 11 is 6.77. The van der Waals surface area contributed by atoms with Crippen LogP contribution in [0.2, 0.25) is 0 Å². The summed E-state index contributed by atoms with van der Waals surface area (Å²) in [5.41, 5.74) is 0. The van der Waals surface area contributed by atoms with Gasteiger partial charge in [0.05, 0.1) is 6.61 Å². The van der Waals surface area contributed by atoms with E-state index in [9.17, 15) is 4.57 Å². The van der Waals surface area contributed by atoms with Crippen LogP contribution in [0.3, 0.4) is 0 Å². The predicted molar refractivity (Wildman–Crippen MR) is 61.5 cm³/mol. The summed E-state index contributed by atoms with van der Waals surface area (Å²) in [7, 11) is 0. The zero-order chi connectivity index (χ0) is 10.2. The van der Waals surface area contributed by atoms with Crippen molar-refractivity contribution in [2.75, 3.05) is 12.4 Å². The van der Waals surface area contributed by atoms with Crippen LogP contribution in [0.4, 0.5) is 0 Å². The van der Waals surface area contributed by atoms with E-state index in [1.807, 2.05) is 32.1 Å². The molecule has 0 aliphatic carbocycles. The SMILES string of the molecule is C/C=C/COP(=O)(Cl)SC/C=C/C. The van der Waals surface area contributed by atoms with Crippen molar-refractivity contribution >= 4 is 28.5 Å². The molecule has 0 amide bonds. The van der Waals surface area contributed by atoms with Crippen molar-refractivity contribution in [1.82, 2.24) is 0 Å². The van der Waals surface area contributed by atoms with Gasteiger partial charge in [-0.25, -0.2) is 0 Å². The van der Waals surface area contributed by atoms with Crippen LogP contribution in [0.25, 0.3) is 0 Å². The predicted octanol–water partition coefficient (Wildman–Crippen LogP) is 4.24. The summed E-state index contributed by atoms with van der Waals surface area (Å²) in [5.74, 6) is -2.35. The Morgan fingerprint density at radius 2 is 2.00 bits per heavy atom. The number of allylic oxidation sites excluding steroid dienone is 2. The fourth-order valence-electron chi connectivity index (χ4n) is 0.494. The minimum Gasteiger partial charge on any atom is -0.306 e. The number of halogens is 1. The molecule has 0 saturated carbocycles. The minimum atomic E-state index is -2.97. The Balaban J connectivity index is 3.73. The van der Waals surface area contributed by atoms with Crippen molar-refractivity contribution in [2.45, 2.75) is 13.8 Å². The second-order valence-corrected chi connectivity index (χ2v) is 8.02. The standard InChI is InChI=1S/C8H14ClO2PS/c1-3-5-7-11-12(9,10)13-8-6-4-2/h3-6H,7-8H2,1-2H3/b5-3+,6-4+. The average molecular weight is 241 g/mol. The lowest BCUT2D eigenvalue weighted by Gasteiger charge is -2.06. The van der Waals surface area contributed by atoms with Gasteiger partial charge in [-0.1, -0.05) is 24.3 Å². The van der Waals surface area contributed by atoms with E-state index in [1.165, 1.54) is 0 Å². The first-order valence-electron chi connectivity index (χ1n) is 3.93. The molecule has 0 heterocycles. The molecule has 0 radical (unpaired) electrons. The fraction of sp³-hybridized carbons (Fsp3) is 0.500. The first-order valence-corrected chi connectivity index (χ1v) is 8.05. The summed E-state index contributed by atoms with van der Waals surface area (Å²) in [6, 6.07) is 0. The highest BCUT2D eigenvalue weighted by Crippen LogP contribution is 2.64. The van der Waals surface area contributed by atoms with Gasteiger partial charge in [-0.15, -0.1) is 0 Å². The maximum atomic E-state index is 11.4. The van der Waals surface area contributed by atoms with Crippen molar-refractivity contribution in [2.24, 2.45) is 0 Å². The molecule has 0 bridgehead atoms. The van der Waals surface area contributed by atoms with Gasteiger partial charge in [0.1, 0.15) is 0 Å². The molecule has 0 aromatic heterocycles. The highest BCUT2D eigenvalue weighted by molar-refractivity contribution is 8.63. The van der Waals surface area contributed by atoms with E-state index in [4.69, 9.17) is 15.8 Å². The Kier molecular flexibility index (Phi) is 7.87. The Labute approximate surface area is 88.4 Å². The third kappa shape index (κ3) is 8.63. The van der Waals surface area contributed by atoms with Crippen LogP contribution in [0.5, 0.6) is 0 Å². The Hall–Kier alpha value is 0.310. The normalized spacial score (nSPS) is 16.8. The lowest BCUT2D eigenvalue weighted by molar-refractivity contribution is 0.377. The van der Waals surface area contributed by atoms with E-state index in [-0.39, 0.29) is 0 Å². The lowest BCUT2D eigenvalue weighted by atomic mass is 10.6. The monoisotopic (exact) mass is 240 g/mol. The molecular formula is C8H14ClO2PS. The second-order valence-electron chi connectivity index (χ2n) is 2.16. The third-order valence-corrected chi connectivity index (χ3v) is 5.09. The van der Waals surface area contributed by atoms with Gasteiger partial charge in [0.15, 0.2) is 0 Å². The zero-order valence-electron chi connectivity index (χ0n) is 7.77. The Bertz CT molecular complexity index is 208. The first kappa shape index (κ1) is 13.3. The van der Waals surface area contributed by atoms with E-state index in [0.29, 0.717) is 12.4 Å². The minimum absolute atomic E-state index is 0.306. The Morgan fingerprint density at radius 1 is 1.38 bits per heavy atom. The molecule has 0 aromatic rings. The number of rotatable bonds is 6. The van der Waals surface area contributed by atoms with E-state index >= 15 is 0 Å². The van der Waals surface area contributed by atoms with Crippen LogP contribution < -0.4 is 0 Å². The molecule has 76 valence electrons. The summed E-state index contributed by atoms with van der Waals surface area (Å²) in [5, 5.41) is 0. The van der Waals surface area contributed by atoms with Gasteiger partial charge in [-0.05, 0) is 36.5 Å². The largest absolute Gasteiger partial charge is 0.347 e. The molecule has 2 nitrogen and oxygen atoms in total. The quantitative estimate of drug-likeness (QED) is 0.513. The number of hydrogen-bond donors (Lipinski definition) is 0. The molecule has 5 heteroatoms. The van der Waals surface area contributed by atoms with Crippen LogP contribution in [-0.2, 0) is 9.09 Å². The zero-order valence-corrected chi connectivity index (χ0v) is 10.2. The van der Waals surface area contributed by atoms with Crippen LogP contribution in [0.15, 0.2) is 24.3 Å². The molecule has 0 aliphatic rings. The van der Waals surface area contributed by atoms with Crippen LogP contribution in [-0.4, -0.2) is 12.4 Å². The molecule has 0 spiro atoms. The van der Waals surface area contributed by atoms with Gasteiger partial charge >= 0.3 is 5.92 Å². The first-order chi connectivity index (χ1) is 6.12. The molecule has 0 aliphatic heterocycles. The van der Waals surface area contributed by atoms with Gasteiger partial charge in [-0.3, -0.25) is 4.57 Å². The smallest absolute Gasteiger partial charge is 0.306 e. The van der Waals surface area contributed by atoms with Crippen molar-refractivity contribution in [1.29, 1.82) is 0 Å². The maximum absolute atomic E-state index is 11.4. The van der Waals surface area contributed by atoms with Gasteiger partial charge < -0.3 is 4.52 Å². The second kappa shape index (κ2) is 7.69. The highest BCUT2D eigenvalue weighted by atomic mass is 35.7. The van der Waals surface area contributed by atoms with Gasteiger partial charge in [0.2, 0.25) is 0 Å². The molecule has 0 N–H and O–H groups in total. The van der Waals surface area contributed by atoms with Gasteiger partial charge in [-0.2, -0.15) is 0 Å². The van der Waals surface area contributed by atoms with Crippen molar-refractivity contribution < 1.29 is 9.09 Å². The summed E-state index contributed by atoms with van der Waals surface area (Å²) in [6.07, 6.45) is 7.37. The molecule has 0 aromatic carbocycles. The van der Waals surface area contributed by atoms with Crippen molar-refractivity contribution in [3.63, 3.8) is 0 Å². The van der Waals surface area contributed by atoms with Crippen molar-refractivity contribution in [3.8, 4) is 0 Å². The lowest BCUT2D eigenvalue weighted by Crippen LogP contribution is -1.82. The van der Waals surface area contributed by atoms with Crippen molar-refractivity contribution in [3.05, 3.63) is 24.3 Å². The Morgan fingerprint density at radius 3 is 2.54 bits per heavy atom.